The Bertz CT molecular complexity index is 850. The van der Waals surface area contributed by atoms with Crippen LogP contribution in [0.2, 0.25) is 0 Å². The van der Waals surface area contributed by atoms with Gasteiger partial charge in [0.05, 0.1) is 13.2 Å². The Balaban J connectivity index is 1.39. The molecule has 2 aliphatic heterocycles. The Morgan fingerprint density at radius 1 is 1.00 bits per heavy atom. The molecule has 0 spiro atoms. The molecule has 0 atom stereocenters. The molecule has 2 aromatic rings. The van der Waals surface area contributed by atoms with E-state index in [2.05, 4.69) is 19.8 Å². The first-order valence-electron chi connectivity index (χ1n) is 10.1. The summed E-state index contributed by atoms with van der Waals surface area (Å²) < 4.78 is 44.2. The molecule has 162 valence electrons. The smallest absolute Gasteiger partial charge is 0.378 e. The van der Waals surface area contributed by atoms with E-state index in [1.54, 1.807) is 12.3 Å². The van der Waals surface area contributed by atoms with Gasteiger partial charge in [-0.25, -0.2) is 9.97 Å². The van der Waals surface area contributed by atoms with Gasteiger partial charge < -0.3 is 19.4 Å². The summed E-state index contributed by atoms with van der Waals surface area (Å²) in [6, 6.07) is 6.20. The van der Waals surface area contributed by atoms with Gasteiger partial charge in [0.15, 0.2) is 0 Å². The van der Waals surface area contributed by atoms with Crippen LogP contribution in [-0.2, 0) is 10.9 Å². The maximum Gasteiger partial charge on any atom is 0.433 e. The largest absolute Gasteiger partial charge is 0.433 e. The molecule has 0 saturated carbocycles. The molecule has 0 unspecified atom stereocenters. The molecule has 2 aliphatic rings. The van der Waals surface area contributed by atoms with Crippen molar-refractivity contribution in [1.29, 1.82) is 0 Å². The summed E-state index contributed by atoms with van der Waals surface area (Å²) in [6.45, 7) is 4.18. The summed E-state index contributed by atoms with van der Waals surface area (Å²) in [4.78, 5) is 19.1. The van der Waals surface area contributed by atoms with Gasteiger partial charge in [-0.05, 0) is 31.0 Å². The average Bonchev–Trinajstić information content (AvgIpc) is 2.79. The summed E-state index contributed by atoms with van der Waals surface area (Å²) in [5.74, 6) is 1.93. The Kier molecular flexibility index (Phi) is 5.94. The molecule has 10 heteroatoms. The Morgan fingerprint density at radius 2 is 1.73 bits per heavy atom. The van der Waals surface area contributed by atoms with Gasteiger partial charge in [0, 0.05) is 45.5 Å². The van der Waals surface area contributed by atoms with E-state index in [4.69, 9.17) is 9.72 Å². The highest BCUT2D eigenvalue weighted by atomic mass is 19.4. The number of pyridine rings is 1. The van der Waals surface area contributed by atoms with Crippen LogP contribution in [0.1, 0.15) is 18.5 Å². The highest BCUT2D eigenvalue weighted by Gasteiger charge is 2.33. The summed E-state index contributed by atoms with van der Waals surface area (Å²) in [7, 11) is 2.01. The van der Waals surface area contributed by atoms with E-state index in [1.165, 1.54) is 6.07 Å². The van der Waals surface area contributed by atoms with Crippen LogP contribution in [0, 0.1) is 0 Å². The third kappa shape index (κ3) is 4.58. The predicted octanol–water partition coefficient (Wildman–Crippen LogP) is 2.83. The average molecular weight is 422 g/mol. The minimum atomic E-state index is -4.43. The van der Waals surface area contributed by atoms with Gasteiger partial charge in [-0.2, -0.15) is 18.2 Å². The summed E-state index contributed by atoms with van der Waals surface area (Å²) in [5, 5.41) is 0. The zero-order valence-electron chi connectivity index (χ0n) is 16.8. The van der Waals surface area contributed by atoms with Crippen molar-refractivity contribution in [2.75, 3.05) is 61.1 Å². The van der Waals surface area contributed by atoms with E-state index in [0.29, 0.717) is 38.1 Å². The standard InChI is InChI=1S/C20H25F3N6O/c1-27(17-5-8-24-19(26-17)29-11-13-30-14-12-29)15-6-9-28(10-7-15)18-4-2-3-16(25-18)20(21,22)23/h2-5,8,15H,6-7,9-14H2,1H3. The van der Waals surface area contributed by atoms with Crippen LogP contribution in [0.5, 0.6) is 0 Å². The fraction of sp³-hybridized carbons (Fsp3) is 0.550. The van der Waals surface area contributed by atoms with Crippen molar-refractivity contribution >= 4 is 17.6 Å². The Morgan fingerprint density at radius 3 is 2.43 bits per heavy atom. The molecule has 4 heterocycles. The van der Waals surface area contributed by atoms with Crippen LogP contribution >= 0.6 is 0 Å². The molecule has 0 radical (unpaired) electrons. The number of ether oxygens (including phenoxy) is 1. The molecule has 0 bridgehead atoms. The lowest BCUT2D eigenvalue weighted by molar-refractivity contribution is -0.141. The van der Waals surface area contributed by atoms with Gasteiger partial charge in [-0.1, -0.05) is 6.07 Å². The second kappa shape index (κ2) is 8.63. The fourth-order valence-electron chi connectivity index (χ4n) is 3.88. The van der Waals surface area contributed by atoms with Gasteiger partial charge >= 0.3 is 6.18 Å². The minimum Gasteiger partial charge on any atom is -0.378 e. The van der Waals surface area contributed by atoms with Crippen molar-refractivity contribution in [3.8, 4) is 0 Å². The van der Waals surface area contributed by atoms with E-state index in [0.717, 1.165) is 37.8 Å². The number of rotatable bonds is 4. The number of nitrogens with zero attached hydrogens (tertiary/aromatic N) is 6. The van der Waals surface area contributed by atoms with Crippen molar-refractivity contribution in [3.05, 3.63) is 36.2 Å². The molecule has 4 rings (SSSR count). The molecule has 0 amide bonds. The molecule has 0 aliphatic carbocycles. The third-order valence-electron chi connectivity index (χ3n) is 5.64. The Labute approximate surface area is 173 Å². The number of anilines is 3. The van der Waals surface area contributed by atoms with Crippen LogP contribution in [-0.4, -0.2) is 67.4 Å². The van der Waals surface area contributed by atoms with Gasteiger partial charge in [-0.15, -0.1) is 0 Å². The van der Waals surface area contributed by atoms with Crippen LogP contribution in [0.3, 0.4) is 0 Å². The molecule has 0 N–H and O–H groups in total. The van der Waals surface area contributed by atoms with Gasteiger partial charge in [0.1, 0.15) is 17.3 Å². The van der Waals surface area contributed by atoms with Crippen molar-refractivity contribution in [3.63, 3.8) is 0 Å². The topological polar surface area (TPSA) is 57.6 Å². The van der Waals surface area contributed by atoms with Gasteiger partial charge in [-0.3, -0.25) is 0 Å². The first-order valence-corrected chi connectivity index (χ1v) is 10.1. The lowest BCUT2D eigenvalue weighted by Gasteiger charge is -2.38. The van der Waals surface area contributed by atoms with Crippen molar-refractivity contribution in [1.82, 2.24) is 15.0 Å². The van der Waals surface area contributed by atoms with E-state index < -0.39 is 11.9 Å². The van der Waals surface area contributed by atoms with Crippen LogP contribution in [0.4, 0.5) is 30.8 Å². The first kappa shape index (κ1) is 20.6. The first-order chi connectivity index (χ1) is 14.4. The monoisotopic (exact) mass is 422 g/mol. The van der Waals surface area contributed by atoms with E-state index in [9.17, 15) is 13.2 Å². The summed E-state index contributed by atoms with van der Waals surface area (Å²) in [5.41, 5.74) is -0.851. The van der Waals surface area contributed by atoms with Crippen LogP contribution in [0.25, 0.3) is 0 Å². The molecule has 2 aromatic heterocycles. The van der Waals surface area contributed by atoms with Crippen molar-refractivity contribution < 1.29 is 17.9 Å². The molecular formula is C20H25F3N6O. The molecule has 0 aromatic carbocycles. The molecule has 2 saturated heterocycles. The Hall–Kier alpha value is -2.62. The predicted molar refractivity (Wildman–Crippen MR) is 108 cm³/mol. The maximum absolute atomic E-state index is 12.9. The zero-order valence-corrected chi connectivity index (χ0v) is 16.8. The van der Waals surface area contributed by atoms with E-state index >= 15 is 0 Å². The second-order valence-electron chi connectivity index (χ2n) is 7.52. The van der Waals surface area contributed by atoms with Crippen LogP contribution < -0.4 is 14.7 Å². The number of piperidine rings is 1. The highest BCUT2D eigenvalue weighted by molar-refractivity contribution is 5.45. The number of aromatic nitrogens is 3. The molecule has 30 heavy (non-hydrogen) atoms. The molecular weight excluding hydrogens is 397 g/mol. The maximum atomic E-state index is 12.9. The number of halogens is 3. The SMILES string of the molecule is CN(c1ccnc(N2CCOCC2)n1)C1CCN(c2cccc(C(F)(F)F)n2)CC1. The van der Waals surface area contributed by atoms with Crippen LogP contribution in [0.15, 0.2) is 30.5 Å². The molecule has 7 nitrogen and oxygen atoms in total. The summed E-state index contributed by atoms with van der Waals surface area (Å²) in [6.07, 6.45) is -1.04. The zero-order chi connectivity index (χ0) is 21.1. The van der Waals surface area contributed by atoms with E-state index in [-0.39, 0.29) is 6.04 Å². The summed E-state index contributed by atoms with van der Waals surface area (Å²) >= 11 is 0. The molecule has 2 fully saturated rings. The van der Waals surface area contributed by atoms with Gasteiger partial charge in [0.2, 0.25) is 5.95 Å². The van der Waals surface area contributed by atoms with E-state index in [1.807, 2.05) is 18.0 Å². The van der Waals surface area contributed by atoms with Crippen molar-refractivity contribution in [2.45, 2.75) is 25.1 Å². The number of hydrogen-bond acceptors (Lipinski definition) is 7. The quantitative estimate of drug-likeness (QED) is 0.751. The highest BCUT2D eigenvalue weighted by Crippen LogP contribution is 2.30. The second-order valence-corrected chi connectivity index (χ2v) is 7.52. The number of hydrogen-bond donors (Lipinski definition) is 0. The third-order valence-corrected chi connectivity index (χ3v) is 5.64. The number of alkyl halides is 3. The minimum absolute atomic E-state index is 0.250. The normalized spacial score (nSPS) is 18.5. The fourth-order valence-corrected chi connectivity index (χ4v) is 3.88. The lowest BCUT2D eigenvalue weighted by Crippen LogP contribution is -2.44. The number of morpholine rings is 1. The van der Waals surface area contributed by atoms with Crippen molar-refractivity contribution in [2.24, 2.45) is 0 Å². The lowest BCUT2D eigenvalue weighted by atomic mass is 10.0. The van der Waals surface area contributed by atoms with Gasteiger partial charge in [0.25, 0.3) is 0 Å².